The molecular weight excluding hydrogens is 326 g/mol. The van der Waals surface area contributed by atoms with Crippen molar-refractivity contribution in [3.05, 3.63) is 60.6 Å². The largest absolute Gasteiger partial charge is 0.281 e. The zero-order valence-corrected chi connectivity index (χ0v) is 14.3. The van der Waals surface area contributed by atoms with Gasteiger partial charge in [-0.2, -0.15) is 0 Å². The third-order valence-electron chi connectivity index (χ3n) is 4.42. The number of hydrogen-bond donors (Lipinski definition) is 0. The van der Waals surface area contributed by atoms with Crippen molar-refractivity contribution in [1.82, 2.24) is 34.3 Å². The van der Waals surface area contributed by atoms with Crippen LogP contribution in [0.4, 0.5) is 0 Å². The van der Waals surface area contributed by atoms with E-state index in [4.69, 9.17) is 9.97 Å². The summed E-state index contributed by atoms with van der Waals surface area (Å²) in [5, 5.41) is 8.23. The fraction of sp³-hybridized carbons (Fsp3) is 0.105. The van der Waals surface area contributed by atoms with Crippen molar-refractivity contribution in [2.24, 2.45) is 7.05 Å². The van der Waals surface area contributed by atoms with Crippen molar-refractivity contribution in [2.45, 2.75) is 6.92 Å². The average molecular weight is 341 g/mol. The Kier molecular flexibility index (Phi) is 3.08. The second-order valence-corrected chi connectivity index (χ2v) is 6.18. The van der Waals surface area contributed by atoms with Crippen LogP contribution >= 0.6 is 0 Å². The van der Waals surface area contributed by atoms with Crippen molar-refractivity contribution in [3.8, 4) is 22.6 Å². The minimum absolute atomic E-state index is 0.643. The smallest absolute Gasteiger partial charge is 0.234 e. The number of nitrogens with zero attached hydrogens (tertiary/aromatic N) is 7. The maximum absolute atomic E-state index is 4.77. The van der Waals surface area contributed by atoms with Gasteiger partial charge >= 0.3 is 0 Å². The Labute approximate surface area is 149 Å². The molecule has 0 spiro atoms. The van der Waals surface area contributed by atoms with E-state index in [0.717, 1.165) is 39.4 Å². The van der Waals surface area contributed by atoms with Gasteiger partial charge < -0.3 is 0 Å². The van der Waals surface area contributed by atoms with E-state index in [2.05, 4.69) is 21.4 Å². The number of aryl methyl sites for hydroxylation is 2. The van der Waals surface area contributed by atoms with Crippen LogP contribution in [0.5, 0.6) is 0 Å². The van der Waals surface area contributed by atoms with Crippen LogP contribution in [0, 0.1) is 6.92 Å². The first-order valence-electron chi connectivity index (χ1n) is 8.27. The summed E-state index contributed by atoms with van der Waals surface area (Å²) in [6.45, 7) is 1.98. The molecule has 5 aromatic rings. The van der Waals surface area contributed by atoms with Gasteiger partial charge in [0.25, 0.3) is 0 Å². The summed E-state index contributed by atoms with van der Waals surface area (Å²) in [6, 6.07) is 13.9. The normalized spacial score (nSPS) is 11.5. The molecule has 0 saturated heterocycles. The third kappa shape index (κ3) is 2.17. The molecule has 0 amide bonds. The van der Waals surface area contributed by atoms with Crippen LogP contribution in [0.25, 0.3) is 39.5 Å². The second-order valence-electron chi connectivity index (χ2n) is 6.18. The lowest BCUT2D eigenvalue weighted by Crippen LogP contribution is -1.94. The third-order valence-corrected chi connectivity index (χ3v) is 4.42. The van der Waals surface area contributed by atoms with Crippen molar-refractivity contribution >= 4 is 16.8 Å². The Hall–Kier alpha value is -3.61. The molecule has 0 saturated carbocycles. The van der Waals surface area contributed by atoms with Crippen LogP contribution in [-0.4, -0.2) is 34.3 Å². The molecule has 1 aromatic carbocycles. The Morgan fingerprint density at radius 3 is 2.81 bits per heavy atom. The van der Waals surface area contributed by atoms with E-state index < -0.39 is 0 Å². The van der Waals surface area contributed by atoms with E-state index in [9.17, 15) is 0 Å². The van der Waals surface area contributed by atoms with E-state index >= 15 is 0 Å². The zero-order chi connectivity index (χ0) is 17.7. The summed E-state index contributed by atoms with van der Waals surface area (Å²) >= 11 is 0. The van der Waals surface area contributed by atoms with Crippen LogP contribution in [0.3, 0.4) is 0 Å². The fourth-order valence-electron chi connectivity index (χ4n) is 3.19. The van der Waals surface area contributed by atoms with E-state index in [-0.39, 0.29) is 0 Å². The first kappa shape index (κ1) is 14.7. The molecule has 0 aliphatic heterocycles. The highest BCUT2D eigenvalue weighted by molar-refractivity contribution is 5.86. The van der Waals surface area contributed by atoms with Gasteiger partial charge in [-0.25, -0.2) is 14.6 Å². The maximum atomic E-state index is 4.77. The van der Waals surface area contributed by atoms with Crippen LogP contribution in [-0.2, 0) is 7.05 Å². The van der Waals surface area contributed by atoms with Crippen LogP contribution < -0.4 is 0 Å². The van der Waals surface area contributed by atoms with Gasteiger partial charge in [0, 0.05) is 30.7 Å². The Balaban J connectivity index is 1.84. The lowest BCUT2D eigenvalue weighted by molar-refractivity contribution is 0.736. The molecule has 0 N–H and O–H groups in total. The monoisotopic (exact) mass is 341 g/mol. The molecule has 0 atom stereocenters. The van der Waals surface area contributed by atoms with Gasteiger partial charge in [-0.1, -0.05) is 17.3 Å². The van der Waals surface area contributed by atoms with E-state index in [1.165, 1.54) is 0 Å². The molecule has 126 valence electrons. The highest BCUT2D eigenvalue weighted by Crippen LogP contribution is 2.32. The highest BCUT2D eigenvalue weighted by atomic mass is 15.4. The maximum Gasteiger partial charge on any atom is 0.234 e. The van der Waals surface area contributed by atoms with Gasteiger partial charge in [-0.3, -0.25) is 9.38 Å². The Morgan fingerprint density at radius 1 is 1.00 bits per heavy atom. The van der Waals surface area contributed by atoms with Gasteiger partial charge in [0.2, 0.25) is 5.78 Å². The van der Waals surface area contributed by atoms with Gasteiger partial charge in [0.15, 0.2) is 0 Å². The van der Waals surface area contributed by atoms with Crippen molar-refractivity contribution < 1.29 is 0 Å². The van der Waals surface area contributed by atoms with Crippen molar-refractivity contribution in [3.63, 3.8) is 0 Å². The lowest BCUT2D eigenvalue weighted by atomic mass is 10.1. The SMILES string of the molecule is Cc1cccc(-c2c(-c3ccc4nnn(C)c4c3)nc3ncccn23)n1. The first-order valence-corrected chi connectivity index (χ1v) is 8.27. The quantitative estimate of drug-likeness (QED) is 0.493. The number of hydrogen-bond acceptors (Lipinski definition) is 5. The summed E-state index contributed by atoms with van der Waals surface area (Å²) in [6.07, 6.45) is 3.70. The summed E-state index contributed by atoms with van der Waals surface area (Å²) < 4.78 is 3.74. The Morgan fingerprint density at radius 2 is 1.92 bits per heavy atom. The molecule has 0 fully saturated rings. The number of benzene rings is 1. The predicted octanol–water partition coefficient (Wildman–Crippen LogP) is 3.05. The molecule has 4 aromatic heterocycles. The number of rotatable bonds is 2. The van der Waals surface area contributed by atoms with Crippen molar-refractivity contribution in [1.29, 1.82) is 0 Å². The molecule has 5 rings (SSSR count). The number of pyridine rings is 1. The molecule has 0 bridgehead atoms. The van der Waals surface area contributed by atoms with Gasteiger partial charge in [-0.05, 0) is 37.3 Å². The van der Waals surface area contributed by atoms with Crippen LogP contribution in [0.1, 0.15) is 5.69 Å². The molecule has 0 aliphatic rings. The summed E-state index contributed by atoms with van der Waals surface area (Å²) in [5.41, 5.74) is 6.37. The zero-order valence-electron chi connectivity index (χ0n) is 14.3. The number of aromatic nitrogens is 7. The van der Waals surface area contributed by atoms with Crippen LogP contribution in [0.15, 0.2) is 54.9 Å². The summed E-state index contributed by atoms with van der Waals surface area (Å²) in [5.74, 6) is 0.643. The highest BCUT2D eigenvalue weighted by Gasteiger charge is 2.18. The molecule has 0 radical (unpaired) electrons. The van der Waals surface area contributed by atoms with E-state index in [1.54, 1.807) is 10.9 Å². The summed E-state index contributed by atoms with van der Waals surface area (Å²) in [7, 11) is 1.88. The van der Waals surface area contributed by atoms with Gasteiger partial charge in [0.1, 0.15) is 16.9 Å². The lowest BCUT2D eigenvalue weighted by Gasteiger charge is -2.06. The predicted molar refractivity (Wildman–Crippen MR) is 98.5 cm³/mol. The van der Waals surface area contributed by atoms with Gasteiger partial charge in [0.05, 0.1) is 11.2 Å². The average Bonchev–Trinajstić information content (AvgIpc) is 3.22. The van der Waals surface area contributed by atoms with Gasteiger partial charge in [-0.15, -0.1) is 5.10 Å². The number of fused-ring (bicyclic) bond motifs is 2. The fourth-order valence-corrected chi connectivity index (χ4v) is 3.19. The van der Waals surface area contributed by atoms with Crippen molar-refractivity contribution in [2.75, 3.05) is 0 Å². The molecule has 7 heteroatoms. The minimum atomic E-state index is 0.643. The second kappa shape index (κ2) is 5.45. The van der Waals surface area contributed by atoms with E-state index in [1.807, 2.05) is 61.0 Å². The molecule has 26 heavy (non-hydrogen) atoms. The first-order chi connectivity index (χ1) is 12.7. The number of imidazole rings is 1. The molecule has 7 nitrogen and oxygen atoms in total. The molecule has 0 unspecified atom stereocenters. The Bertz CT molecular complexity index is 1270. The minimum Gasteiger partial charge on any atom is -0.281 e. The van der Waals surface area contributed by atoms with Crippen LogP contribution in [0.2, 0.25) is 0 Å². The summed E-state index contributed by atoms with van der Waals surface area (Å²) in [4.78, 5) is 13.9. The topological polar surface area (TPSA) is 73.8 Å². The molecular formula is C19H15N7. The van der Waals surface area contributed by atoms with E-state index in [0.29, 0.717) is 5.78 Å². The molecule has 0 aliphatic carbocycles. The standard InChI is InChI=1S/C19H15N7/c1-12-5-3-6-15(21-12)18-17(22-19-20-9-4-10-26(18)19)13-7-8-14-16(11-13)25(2)24-23-14/h3-11H,1-2H3. The molecule has 4 heterocycles.